The summed E-state index contributed by atoms with van der Waals surface area (Å²) in [4.78, 5) is 0.595. The van der Waals surface area contributed by atoms with Crippen molar-refractivity contribution in [3.8, 4) is 6.07 Å². The SMILES string of the molecule is CCCSc1ccc(C#N)c(Br)c1F. The molecule has 14 heavy (non-hydrogen) atoms. The van der Waals surface area contributed by atoms with Crippen molar-refractivity contribution >= 4 is 27.7 Å². The molecule has 0 aliphatic heterocycles. The summed E-state index contributed by atoms with van der Waals surface area (Å²) in [5, 5.41) is 8.66. The van der Waals surface area contributed by atoms with Crippen LogP contribution in [0, 0.1) is 17.1 Å². The molecule has 0 N–H and O–H groups in total. The van der Waals surface area contributed by atoms with E-state index in [1.807, 2.05) is 13.0 Å². The van der Waals surface area contributed by atoms with Gasteiger partial charge >= 0.3 is 0 Å². The second-order valence-electron chi connectivity index (χ2n) is 2.70. The van der Waals surface area contributed by atoms with Crippen LogP contribution in [0.25, 0.3) is 0 Å². The van der Waals surface area contributed by atoms with E-state index in [-0.39, 0.29) is 10.3 Å². The fourth-order valence-corrected chi connectivity index (χ4v) is 2.32. The zero-order valence-electron chi connectivity index (χ0n) is 7.68. The normalized spacial score (nSPS) is 9.86. The van der Waals surface area contributed by atoms with Crippen LogP contribution in [0.3, 0.4) is 0 Å². The smallest absolute Gasteiger partial charge is 0.152 e. The van der Waals surface area contributed by atoms with Crippen molar-refractivity contribution in [1.29, 1.82) is 5.26 Å². The number of thioether (sulfide) groups is 1. The fourth-order valence-electron chi connectivity index (χ4n) is 0.942. The largest absolute Gasteiger partial charge is 0.204 e. The highest BCUT2D eigenvalue weighted by molar-refractivity contribution is 9.10. The van der Waals surface area contributed by atoms with E-state index in [0.717, 1.165) is 12.2 Å². The van der Waals surface area contributed by atoms with Crippen LogP contribution in [0.15, 0.2) is 21.5 Å². The summed E-state index contributed by atoms with van der Waals surface area (Å²) >= 11 is 4.54. The molecule has 0 bridgehead atoms. The maximum Gasteiger partial charge on any atom is 0.152 e. The number of hydrogen-bond donors (Lipinski definition) is 0. The molecular formula is C10H9BrFNS. The van der Waals surface area contributed by atoms with E-state index in [2.05, 4.69) is 15.9 Å². The van der Waals surface area contributed by atoms with Crippen molar-refractivity contribution < 1.29 is 4.39 Å². The third-order valence-corrected chi connectivity index (χ3v) is 3.64. The second-order valence-corrected chi connectivity index (χ2v) is 4.63. The minimum atomic E-state index is -0.331. The molecule has 0 unspecified atom stereocenters. The van der Waals surface area contributed by atoms with Gasteiger partial charge in [0, 0.05) is 4.90 Å². The Hall–Kier alpha value is -0.530. The molecule has 1 nitrogen and oxygen atoms in total. The van der Waals surface area contributed by atoms with E-state index in [1.54, 1.807) is 12.1 Å². The summed E-state index contributed by atoms with van der Waals surface area (Å²) in [6, 6.07) is 5.21. The minimum absolute atomic E-state index is 0.265. The highest BCUT2D eigenvalue weighted by atomic mass is 79.9. The summed E-state index contributed by atoms with van der Waals surface area (Å²) in [6.45, 7) is 2.05. The van der Waals surface area contributed by atoms with Crippen LogP contribution in [-0.2, 0) is 0 Å². The summed E-state index contributed by atoms with van der Waals surface area (Å²) in [5.74, 6) is 0.553. The van der Waals surface area contributed by atoms with Gasteiger partial charge in [-0.2, -0.15) is 5.26 Å². The molecule has 0 aromatic heterocycles. The van der Waals surface area contributed by atoms with Gasteiger partial charge in [0.1, 0.15) is 6.07 Å². The van der Waals surface area contributed by atoms with Crippen molar-refractivity contribution in [2.75, 3.05) is 5.75 Å². The number of rotatable bonds is 3. The van der Waals surface area contributed by atoms with Gasteiger partial charge in [0.15, 0.2) is 5.82 Å². The molecule has 0 atom stereocenters. The number of hydrogen-bond acceptors (Lipinski definition) is 2. The molecule has 1 aromatic rings. The van der Waals surface area contributed by atoms with E-state index in [9.17, 15) is 4.39 Å². The summed E-state index contributed by atoms with van der Waals surface area (Å²) in [5.41, 5.74) is 0.336. The first-order valence-corrected chi connectivity index (χ1v) is 5.99. The average molecular weight is 274 g/mol. The first kappa shape index (κ1) is 11.5. The Morgan fingerprint density at radius 2 is 2.29 bits per heavy atom. The molecule has 0 spiro atoms. The van der Waals surface area contributed by atoms with Crippen molar-refractivity contribution in [3.05, 3.63) is 28.0 Å². The molecule has 0 fully saturated rings. The summed E-state index contributed by atoms with van der Waals surface area (Å²) in [6.07, 6.45) is 1.00. The highest BCUT2D eigenvalue weighted by Gasteiger charge is 2.10. The monoisotopic (exact) mass is 273 g/mol. The Labute approximate surface area is 95.4 Å². The number of halogens is 2. The van der Waals surface area contributed by atoms with Gasteiger partial charge in [0.2, 0.25) is 0 Å². The lowest BCUT2D eigenvalue weighted by molar-refractivity contribution is 0.594. The zero-order valence-corrected chi connectivity index (χ0v) is 10.1. The van der Waals surface area contributed by atoms with Crippen molar-refractivity contribution in [2.24, 2.45) is 0 Å². The Kier molecular flexibility index (Phi) is 4.43. The topological polar surface area (TPSA) is 23.8 Å². The van der Waals surface area contributed by atoms with Crippen LogP contribution in [0.2, 0.25) is 0 Å². The summed E-state index contributed by atoms with van der Waals surface area (Å²) in [7, 11) is 0. The predicted octanol–water partition coefficient (Wildman–Crippen LogP) is 3.96. The van der Waals surface area contributed by atoms with Gasteiger partial charge in [0.05, 0.1) is 10.0 Å². The highest BCUT2D eigenvalue weighted by Crippen LogP contribution is 2.29. The molecule has 0 saturated heterocycles. The lowest BCUT2D eigenvalue weighted by atomic mass is 10.2. The Balaban J connectivity index is 3.00. The lowest BCUT2D eigenvalue weighted by Crippen LogP contribution is -1.88. The maximum atomic E-state index is 13.6. The molecule has 0 aliphatic carbocycles. The molecule has 1 aromatic carbocycles. The average Bonchev–Trinajstić information content (AvgIpc) is 2.20. The van der Waals surface area contributed by atoms with Gasteiger partial charge in [-0.25, -0.2) is 4.39 Å². The number of nitrogens with zero attached hydrogens (tertiary/aromatic N) is 1. The predicted molar refractivity (Wildman–Crippen MR) is 59.8 cm³/mol. The first-order chi connectivity index (χ1) is 6.70. The Morgan fingerprint density at radius 3 is 2.86 bits per heavy atom. The van der Waals surface area contributed by atoms with Gasteiger partial charge < -0.3 is 0 Å². The maximum absolute atomic E-state index is 13.6. The fraction of sp³-hybridized carbons (Fsp3) is 0.300. The van der Waals surface area contributed by atoms with Crippen molar-refractivity contribution in [3.63, 3.8) is 0 Å². The molecule has 0 saturated carbocycles. The molecule has 0 amide bonds. The van der Waals surface area contributed by atoms with Gasteiger partial charge in [0.25, 0.3) is 0 Å². The number of nitriles is 1. The van der Waals surface area contributed by atoms with Gasteiger partial charge in [-0.3, -0.25) is 0 Å². The first-order valence-electron chi connectivity index (χ1n) is 4.21. The molecular weight excluding hydrogens is 265 g/mol. The van der Waals surface area contributed by atoms with Crippen LogP contribution in [-0.4, -0.2) is 5.75 Å². The van der Waals surface area contributed by atoms with E-state index in [0.29, 0.717) is 10.5 Å². The van der Waals surface area contributed by atoms with Crippen LogP contribution < -0.4 is 0 Å². The van der Waals surface area contributed by atoms with E-state index in [1.165, 1.54) is 11.8 Å². The second kappa shape index (κ2) is 5.38. The van der Waals surface area contributed by atoms with Gasteiger partial charge in [-0.1, -0.05) is 6.92 Å². The van der Waals surface area contributed by atoms with Crippen LogP contribution in [0.4, 0.5) is 4.39 Å². The molecule has 1 rings (SSSR count). The standard InChI is InChI=1S/C10H9BrFNS/c1-2-5-14-8-4-3-7(6-13)9(11)10(8)12/h3-4H,2,5H2,1H3. The van der Waals surface area contributed by atoms with Crippen LogP contribution >= 0.6 is 27.7 Å². The third kappa shape index (κ3) is 2.49. The Bertz CT molecular complexity index is 373. The quantitative estimate of drug-likeness (QED) is 0.779. The van der Waals surface area contributed by atoms with Gasteiger partial charge in [-0.05, 0) is 40.2 Å². The molecule has 0 heterocycles. The molecule has 74 valence electrons. The zero-order chi connectivity index (χ0) is 10.6. The van der Waals surface area contributed by atoms with Crippen molar-refractivity contribution in [2.45, 2.75) is 18.2 Å². The van der Waals surface area contributed by atoms with E-state index >= 15 is 0 Å². The summed E-state index contributed by atoms with van der Waals surface area (Å²) < 4.78 is 13.8. The van der Waals surface area contributed by atoms with Crippen molar-refractivity contribution in [1.82, 2.24) is 0 Å². The molecule has 0 aliphatic rings. The van der Waals surface area contributed by atoms with E-state index < -0.39 is 0 Å². The minimum Gasteiger partial charge on any atom is -0.204 e. The van der Waals surface area contributed by atoms with Gasteiger partial charge in [-0.15, -0.1) is 11.8 Å². The molecule has 4 heteroatoms. The third-order valence-electron chi connectivity index (χ3n) is 1.63. The molecule has 0 radical (unpaired) electrons. The van der Waals surface area contributed by atoms with Crippen LogP contribution in [0.1, 0.15) is 18.9 Å². The lowest BCUT2D eigenvalue weighted by Gasteiger charge is -2.04. The Morgan fingerprint density at radius 1 is 1.57 bits per heavy atom. The van der Waals surface area contributed by atoms with Crippen LogP contribution in [0.5, 0.6) is 0 Å². The number of benzene rings is 1. The van der Waals surface area contributed by atoms with E-state index in [4.69, 9.17) is 5.26 Å².